The van der Waals surface area contributed by atoms with Crippen LogP contribution in [0.5, 0.6) is 5.75 Å². The monoisotopic (exact) mass is 342 g/mol. The van der Waals surface area contributed by atoms with Gasteiger partial charge in [-0.1, -0.05) is 0 Å². The fourth-order valence-electron chi connectivity index (χ4n) is 2.34. The lowest BCUT2D eigenvalue weighted by Gasteiger charge is -2.24. The zero-order chi connectivity index (χ0) is 18.8. The highest BCUT2D eigenvalue weighted by Crippen LogP contribution is 2.28. The van der Waals surface area contributed by atoms with Crippen LogP contribution in [-0.4, -0.2) is 22.5 Å². The van der Waals surface area contributed by atoms with Crippen LogP contribution in [-0.2, 0) is 5.54 Å². The molecule has 1 aromatic heterocycles. The first-order valence-electron chi connectivity index (χ1n) is 7.44. The van der Waals surface area contributed by atoms with Gasteiger partial charge in [-0.3, -0.25) is 14.9 Å². The number of benzene rings is 1. The number of methoxy groups -OCH3 is 1. The van der Waals surface area contributed by atoms with Gasteiger partial charge >= 0.3 is 0 Å². The molecule has 0 fully saturated rings. The number of aromatic nitrogens is 1. The first kappa shape index (κ1) is 18.0. The molecule has 8 nitrogen and oxygen atoms in total. The number of anilines is 1. The summed E-state index contributed by atoms with van der Waals surface area (Å²) in [5.74, 6) is 0.0652. The second-order valence-corrected chi connectivity index (χ2v) is 6.36. The Bertz CT molecular complexity index is 872. The van der Waals surface area contributed by atoms with Gasteiger partial charge in [0.15, 0.2) is 0 Å². The summed E-state index contributed by atoms with van der Waals surface area (Å²) in [5, 5.41) is 22.7. The second-order valence-electron chi connectivity index (χ2n) is 6.36. The Morgan fingerprint density at radius 3 is 2.56 bits per heavy atom. The number of hydrogen-bond donors (Lipinski definition) is 1. The van der Waals surface area contributed by atoms with Crippen LogP contribution < -0.4 is 10.1 Å². The molecule has 0 atom stereocenters. The lowest BCUT2D eigenvalue weighted by Crippen LogP contribution is -2.25. The molecule has 2 aromatic rings. The molecule has 1 N–H and O–H groups in total. The number of nitrogens with one attached hydrogen (secondary N) is 1. The number of amides is 1. The summed E-state index contributed by atoms with van der Waals surface area (Å²) >= 11 is 0. The minimum Gasteiger partial charge on any atom is -0.496 e. The van der Waals surface area contributed by atoms with E-state index in [1.807, 2.05) is 26.8 Å². The van der Waals surface area contributed by atoms with E-state index in [2.05, 4.69) is 5.32 Å². The average molecular weight is 342 g/mol. The van der Waals surface area contributed by atoms with Crippen LogP contribution >= 0.6 is 0 Å². The Kier molecular flexibility index (Phi) is 4.79. The van der Waals surface area contributed by atoms with E-state index in [1.165, 1.54) is 25.3 Å². The fraction of sp³-hybridized carbons (Fsp3) is 0.294. The summed E-state index contributed by atoms with van der Waals surface area (Å²) in [6.45, 7) is 5.82. The molecule has 1 aromatic carbocycles. The molecule has 0 aliphatic carbocycles. The number of nitriles is 1. The van der Waals surface area contributed by atoms with Crippen LogP contribution in [0.2, 0.25) is 0 Å². The molecule has 1 heterocycles. The minimum absolute atomic E-state index is 0.0982. The van der Waals surface area contributed by atoms with Gasteiger partial charge in [0, 0.05) is 17.8 Å². The van der Waals surface area contributed by atoms with Crippen LogP contribution in [0.25, 0.3) is 0 Å². The Morgan fingerprint density at radius 1 is 1.36 bits per heavy atom. The first-order valence-corrected chi connectivity index (χ1v) is 7.44. The van der Waals surface area contributed by atoms with Crippen LogP contribution in [0.3, 0.4) is 0 Å². The third kappa shape index (κ3) is 3.77. The maximum atomic E-state index is 12.6. The standard InChI is InChI=1S/C17H18N4O4/c1-17(2,3)20-10-11(9-18)7-15(20)19-16(22)13-6-5-12(21(23)24)8-14(13)25-4/h5-8,10H,1-4H3,(H,19,22). The van der Waals surface area contributed by atoms with E-state index >= 15 is 0 Å². The van der Waals surface area contributed by atoms with E-state index in [4.69, 9.17) is 10.00 Å². The van der Waals surface area contributed by atoms with Crippen LogP contribution in [0.15, 0.2) is 30.5 Å². The summed E-state index contributed by atoms with van der Waals surface area (Å²) in [6.07, 6.45) is 1.66. The molecule has 2 rings (SSSR count). The van der Waals surface area contributed by atoms with Gasteiger partial charge in [0.05, 0.1) is 29.2 Å². The van der Waals surface area contributed by atoms with Crippen LogP contribution in [0.4, 0.5) is 11.5 Å². The number of carbonyl (C=O) groups excluding carboxylic acids is 1. The van der Waals surface area contributed by atoms with Gasteiger partial charge in [0.25, 0.3) is 11.6 Å². The molecule has 0 saturated heterocycles. The molecule has 0 radical (unpaired) electrons. The molecular weight excluding hydrogens is 324 g/mol. The maximum Gasteiger partial charge on any atom is 0.273 e. The third-order valence-corrected chi connectivity index (χ3v) is 3.55. The topological polar surface area (TPSA) is 110 Å². The minimum atomic E-state index is -0.561. The quantitative estimate of drug-likeness (QED) is 0.677. The molecule has 0 aliphatic rings. The van der Waals surface area contributed by atoms with Crippen molar-refractivity contribution in [1.29, 1.82) is 5.26 Å². The van der Waals surface area contributed by atoms with Crippen molar-refractivity contribution in [2.24, 2.45) is 0 Å². The Hall–Kier alpha value is -3.34. The number of nitro benzene ring substituents is 1. The van der Waals surface area contributed by atoms with E-state index in [0.29, 0.717) is 11.4 Å². The van der Waals surface area contributed by atoms with Gasteiger partial charge in [0.2, 0.25) is 0 Å². The highest BCUT2D eigenvalue weighted by Gasteiger charge is 2.22. The van der Waals surface area contributed by atoms with Gasteiger partial charge in [0.1, 0.15) is 17.6 Å². The molecular formula is C17H18N4O4. The maximum absolute atomic E-state index is 12.6. The molecule has 0 aliphatic heterocycles. The zero-order valence-corrected chi connectivity index (χ0v) is 14.4. The normalized spacial score (nSPS) is 10.8. The van der Waals surface area contributed by atoms with Crippen molar-refractivity contribution < 1.29 is 14.5 Å². The summed E-state index contributed by atoms with van der Waals surface area (Å²) in [5.41, 5.74) is 0.0597. The van der Waals surface area contributed by atoms with Gasteiger partial charge in [-0.05, 0) is 32.9 Å². The number of non-ortho nitro benzene ring substituents is 1. The number of rotatable bonds is 4. The predicted molar refractivity (Wildman–Crippen MR) is 91.7 cm³/mol. The number of nitro groups is 1. The first-order chi connectivity index (χ1) is 11.7. The summed E-state index contributed by atoms with van der Waals surface area (Å²) in [7, 11) is 1.33. The van der Waals surface area contributed by atoms with E-state index in [1.54, 1.807) is 16.8 Å². The van der Waals surface area contributed by atoms with Gasteiger partial charge < -0.3 is 14.6 Å². The average Bonchev–Trinajstić information content (AvgIpc) is 2.97. The summed E-state index contributed by atoms with van der Waals surface area (Å²) in [6, 6.07) is 7.38. The van der Waals surface area contributed by atoms with Gasteiger partial charge in [-0.15, -0.1) is 0 Å². The molecule has 1 amide bonds. The number of nitrogens with zero attached hydrogens (tertiary/aromatic N) is 3. The molecule has 0 spiro atoms. The molecule has 0 unspecified atom stereocenters. The molecule has 0 bridgehead atoms. The van der Waals surface area contributed by atoms with E-state index in [9.17, 15) is 14.9 Å². The van der Waals surface area contributed by atoms with E-state index < -0.39 is 10.8 Å². The lowest BCUT2D eigenvalue weighted by molar-refractivity contribution is -0.384. The predicted octanol–water partition coefficient (Wildman–Crippen LogP) is 3.28. The molecule has 0 saturated carbocycles. The van der Waals surface area contributed by atoms with Crippen molar-refractivity contribution in [3.63, 3.8) is 0 Å². The smallest absolute Gasteiger partial charge is 0.273 e. The van der Waals surface area contributed by atoms with Gasteiger partial charge in [-0.2, -0.15) is 5.26 Å². The Balaban J connectivity index is 2.40. The highest BCUT2D eigenvalue weighted by atomic mass is 16.6. The van der Waals surface area contributed by atoms with Gasteiger partial charge in [-0.25, -0.2) is 0 Å². The van der Waals surface area contributed by atoms with Crippen molar-refractivity contribution in [2.75, 3.05) is 12.4 Å². The third-order valence-electron chi connectivity index (χ3n) is 3.55. The number of carbonyl (C=O) groups is 1. The molecule has 25 heavy (non-hydrogen) atoms. The second kappa shape index (κ2) is 6.65. The zero-order valence-electron chi connectivity index (χ0n) is 14.4. The van der Waals surface area contributed by atoms with E-state index in [-0.39, 0.29) is 22.5 Å². The highest BCUT2D eigenvalue weighted by molar-refractivity contribution is 6.06. The summed E-state index contributed by atoms with van der Waals surface area (Å²) < 4.78 is 6.87. The number of ether oxygens (including phenoxy) is 1. The summed E-state index contributed by atoms with van der Waals surface area (Å²) in [4.78, 5) is 22.9. The SMILES string of the molecule is COc1cc([N+](=O)[O-])ccc1C(=O)Nc1cc(C#N)cn1C(C)(C)C. The van der Waals surface area contributed by atoms with Crippen molar-refractivity contribution in [2.45, 2.75) is 26.3 Å². The Morgan fingerprint density at radius 2 is 2.04 bits per heavy atom. The fourth-order valence-corrected chi connectivity index (χ4v) is 2.34. The largest absolute Gasteiger partial charge is 0.496 e. The number of hydrogen-bond acceptors (Lipinski definition) is 5. The van der Waals surface area contributed by atoms with Crippen molar-refractivity contribution >= 4 is 17.4 Å². The van der Waals surface area contributed by atoms with Crippen molar-refractivity contribution in [1.82, 2.24) is 4.57 Å². The van der Waals surface area contributed by atoms with E-state index in [0.717, 1.165) is 0 Å². The molecule has 130 valence electrons. The molecule has 8 heteroatoms. The van der Waals surface area contributed by atoms with Crippen LogP contribution in [0.1, 0.15) is 36.7 Å². The van der Waals surface area contributed by atoms with Crippen molar-refractivity contribution in [3.05, 3.63) is 51.7 Å². The van der Waals surface area contributed by atoms with Crippen molar-refractivity contribution in [3.8, 4) is 11.8 Å². The Labute approximate surface area is 144 Å². The lowest BCUT2D eigenvalue weighted by atomic mass is 10.1. The van der Waals surface area contributed by atoms with Crippen LogP contribution in [0, 0.1) is 21.4 Å².